The highest BCUT2D eigenvalue weighted by molar-refractivity contribution is 5.81. The number of amides is 2. The number of nitrogens with zero attached hydrogens (tertiary/aromatic N) is 4. The third-order valence-electron chi connectivity index (χ3n) is 6.34. The molecule has 0 aliphatic carbocycles. The summed E-state index contributed by atoms with van der Waals surface area (Å²) in [4.78, 5) is 31.8. The van der Waals surface area contributed by atoms with Crippen LogP contribution in [0.2, 0.25) is 0 Å². The standard InChI is InChI=1S/C28H36N6O4/c1-19(35)29-13-11-21-17-33(3)23-7-9-25(31-27(21)23)37-15-5-6-16-38-26-10-8-24-28(32-26)22(18-34(24)4)12-14-30-20(2)36/h7-10,17-18H,5-6,11-16H2,1-4H3,(H,29,35)(H,30,36). The van der Waals surface area contributed by atoms with E-state index in [-0.39, 0.29) is 11.8 Å². The average Bonchev–Trinajstić information content (AvgIpc) is 3.36. The van der Waals surface area contributed by atoms with Gasteiger partial charge in [0.2, 0.25) is 23.6 Å². The Bertz CT molecular complexity index is 1320. The van der Waals surface area contributed by atoms with Crippen LogP contribution in [0, 0.1) is 0 Å². The van der Waals surface area contributed by atoms with Crippen molar-refractivity contribution in [3.63, 3.8) is 0 Å². The van der Waals surface area contributed by atoms with Crippen molar-refractivity contribution in [2.45, 2.75) is 39.5 Å². The summed E-state index contributed by atoms with van der Waals surface area (Å²) in [6, 6.07) is 7.80. The van der Waals surface area contributed by atoms with Gasteiger partial charge < -0.3 is 29.2 Å². The molecule has 0 aliphatic rings. The minimum absolute atomic E-state index is 0.0361. The van der Waals surface area contributed by atoms with Crippen LogP contribution in [0.3, 0.4) is 0 Å². The third kappa shape index (κ3) is 6.81. The number of pyridine rings is 2. The van der Waals surface area contributed by atoms with Gasteiger partial charge in [0, 0.05) is 65.6 Å². The molecule has 202 valence electrons. The van der Waals surface area contributed by atoms with Gasteiger partial charge in [0.05, 0.1) is 35.3 Å². The Morgan fingerprint density at radius 1 is 0.737 bits per heavy atom. The fraction of sp³-hybridized carbons (Fsp3) is 0.429. The van der Waals surface area contributed by atoms with Gasteiger partial charge in [-0.05, 0) is 48.9 Å². The molecule has 4 rings (SSSR count). The predicted molar refractivity (Wildman–Crippen MR) is 146 cm³/mol. The van der Waals surface area contributed by atoms with Gasteiger partial charge in [-0.3, -0.25) is 9.59 Å². The van der Waals surface area contributed by atoms with Gasteiger partial charge in [0.15, 0.2) is 0 Å². The zero-order valence-electron chi connectivity index (χ0n) is 22.5. The molecule has 0 radical (unpaired) electrons. The Balaban J connectivity index is 1.25. The highest BCUT2D eigenvalue weighted by atomic mass is 16.5. The van der Waals surface area contributed by atoms with Crippen molar-refractivity contribution in [3.8, 4) is 11.8 Å². The third-order valence-corrected chi connectivity index (χ3v) is 6.34. The molecule has 0 bridgehead atoms. The Hall–Kier alpha value is -4.08. The van der Waals surface area contributed by atoms with Crippen LogP contribution < -0.4 is 20.1 Å². The van der Waals surface area contributed by atoms with Crippen LogP contribution in [0.4, 0.5) is 0 Å². The van der Waals surface area contributed by atoms with Gasteiger partial charge in [-0.2, -0.15) is 0 Å². The molecule has 2 N–H and O–H groups in total. The van der Waals surface area contributed by atoms with E-state index in [0.717, 1.165) is 46.0 Å². The van der Waals surface area contributed by atoms with Crippen molar-refractivity contribution in [1.82, 2.24) is 29.7 Å². The Kier molecular flexibility index (Phi) is 8.83. The number of aromatic nitrogens is 4. The second kappa shape index (κ2) is 12.4. The summed E-state index contributed by atoms with van der Waals surface area (Å²) >= 11 is 0. The molecular weight excluding hydrogens is 484 g/mol. The van der Waals surface area contributed by atoms with E-state index in [2.05, 4.69) is 10.6 Å². The van der Waals surface area contributed by atoms with E-state index >= 15 is 0 Å². The summed E-state index contributed by atoms with van der Waals surface area (Å²) in [6.45, 7) is 5.26. The first-order chi connectivity index (χ1) is 18.3. The quantitative estimate of drug-likeness (QED) is 0.262. The van der Waals surface area contributed by atoms with Gasteiger partial charge in [-0.15, -0.1) is 0 Å². The maximum atomic E-state index is 11.2. The molecule has 0 aliphatic heterocycles. The minimum Gasteiger partial charge on any atom is -0.478 e. The fourth-order valence-corrected chi connectivity index (χ4v) is 4.47. The Morgan fingerprint density at radius 3 is 1.55 bits per heavy atom. The zero-order valence-corrected chi connectivity index (χ0v) is 22.5. The van der Waals surface area contributed by atoms with Crippen LogP contribution in [-0.4, -0.2) is 57.2 Å². The maximum absolute atomic E-state index is 11.2. The lowest BCUT2D eigenvalue weighted by atomic mass is 10.2. The van der Waals surface area contributed by atoms with Crippen LogP contribution in [0.15, 0.2) is 36.7 Å². The van der Waals surface area contributed by atoms with Crippen molar-refractivity contribution in [1.29, 1.82) is 0 Å². The number of rotatable bonds is 13. The molecule has 0 spiro atoms. The molecule has 0 aromatic carbocycles. The molecule has 4 aromatic rings. The molecule has 0 unspecified atom stereocenters. The van der Waals surface area contributed by atoms with E-state index in [1.807, 2.05) is 59.9 Å². The lowest BCUT2D eigenvalue weighted by molar-refractivity contribution is -0.119. The molecular formula is C28H36N6O4. The van der Waals surface area contributed by atoms with Crippen LogP contribution >= 0.6 is 0 Å². The summed E-state index contributed by atoms with van der Waals surface area (Å²) < 4.78 is 15.9. The van der Waals surface area contributed by atoms with E-state index in [1.54, 1.807) is 0 Å². The molecule has 0 saturated heterocycles. The number of ether oxygens (including phenoxy) is 2. The normalized spacial score (nSPS) is 11.2. The molecule has 0 saturated carbocycles. The van der Waals surface area contributed by atoms with Gasteiger partial charge >= 0.3 is 0 Å². The number of unbranched alkanes of at least 4 members (excludes halogenated alkanes) is 1. The van der Waals surface area contributed by atoms with E-state index in [9.17, 15) is 9.59 Å². The first-order valence-electron chi connectivity index (χ1n) is 13.0. The van der Waals surface area contributed by atoms with E-state index in [1.165, 1.54) is 13.8 Å². The van der Waals surface area contributed by atoms with Crippen LogP contribution in [0.5, 0.6) is 11.8 Å². The summed E-state index contributed by atoms with van der Waals surface area (Å²) in [5.41, 5.74) is 6.02. The van der Waals surface area contributed by atoms with Crippen molar-refractivity contribution in [3.05, 3.63) is 47.8 Å². The van der Waals surface area contributed by atoms with E-state index in [0.29, 0.717) is 50.9 Å². The van der Waals surface area contributed by atoms with Crippen LogP contribution in [-0.2, 0) is 36.5 Å². The summed E-state index contributed by atoms with van der Waals surface area (Å²) in [5.74, 6) is 1.11. The second-order valence-electron chi connectivity index (χ2n) is 9.43. The highest BCUT2D eigenvalue weighted by Crippen LogP contribution is 2.23. The Labute approximate surface area is 222 Å². The number of nitrogens with one attached hydrogen (secondary N) is 2. The molecule has 38 heavy (non-hydrogen) atoms. The number of hydrogen-bond acceptors (Lipinski definition) is 6. The Morgan fingerprint density at radius 2 is 1.16 bits per heavy atom. The SMILES string of the molecule is CC(=O)NCCc1cn(C)c2ccc(OCCCCOc3ccc4c(n3)c(CCNC(C)=O)cn4C)nc12. The van der Waals surface area contributed by atoms with Gasteiger partial charge in [-0.1, -0.05) is 0 Å². The number of carbonyl (C=O) groups is 2. The monoisotopic (exact) mass is 520 g/mol. The van der Waals surface area contributed by atoms with Gasteiger partial charge in [-0.25, -0.2) is 9.97 Å². The van der Waals surface area contributed by atoms with Crippen molar-refractivity contribution >= 4 is 33.9 Å². The van der Waals surface area contributed by atoms with E-state index in [4.69, 9.17) is 19.4 Å². The van der Waals surface area contributed by atoms with Crippen LogP contribution in [0.25, 0.3) is 22.1 Å². The largest absolute Gasteiger partial charge is 0.478 e. The summed E-state index contributed by atoms with van der Waals surface area (Å²) in [6.07, 6.45) is 7.16. The smallest absolute Gasteiger partial charge is 0.216 e. The van der Waals surface area contributed by atoms with E-state index < -0.39 is 0 Å². The molecule has 2 amide bonds. The number of fused-ring (bicyclic) bond motifs is 2. The molecule has 4 heterocycles. The van der Waals surface area contributed by atoms with Crippen LogP contribution in [0.1, 0.15) is 37.8 Å². The zero-order chi connectivity index (χ0) is 27.1. The molecule has 0 fully saturated rings. The first kappa shape index (κ1) is 27.0. The number of carbonyl (C=O) groups excluding carboxylic acids is 2. The van der Waals surface area contributed by atoms with Crippen molar-refractivity contribution in [2.24, 2.45) is 14.1 Å². The fourth-order valence-electron chi connectivity index (χ4n) is 4.47. The predicted octanol–water partition coefficient (Wildman–Crippen LogP) is 3.06. The first-order valence-corrected chi connectivity index (χ1v) is 13.0. The van der Waals surface area contributed by atoms with Gasteiger partial charge in [0.25, 0.3) is 0 Å². The van der Waals surface area contributed by atoms with Crippen molar-refractivity contribution < 1.29 is 19.1 Å². The molecule has 0 atom stereocenters. The summed E-state index contributed by atoms with van der Waals surface area (Å²) in [5, 5.41) is 5.67. The second-order valence-corrected chi connectivity index (χ2v) is 9.43. The van der Waals surface area contributed by atoms with Crippen molar-refractivity contribution in [2.75, 3.05) is 26.3 Å². The van der Waals surface area contributed by atoms with Gasteiger partial charge in [0.1, 0.15) is 0 Å². The lowest BCUT2D eigenvalue weighted by Gasteiger charge is -2.08. The maximum Gasteiger partial charge on any atom is 0.216 e. The molecule has 10 heteroatoms. The minimum atomic E-state index is -0.0361. The highest BCUT2D eigenvalue weighted by Gasteiger charge is 2.11. The average molecular weight is 521 g/mol. The molecule has 10 nitrogen and oxygen atoms in total. The summed E-state index contributed by atoms with van der Waals surface area (Å²) in [7, 11) is 3.98. The number of aryl methyl sites for hydroxylation is 2. The topological polar surface area (TPSA) is 112 Å². The number of hydrogen-bond donors (Lipinski definition) is 2. The molecule has 4 aromatic heterocycles. The lowest BCUT2D eigenvalue weighted by Crippen LogP contribution is -2.22.